The monoisotopic (exact) mass is 444 g/mol. The molecule has 6 aromatic rings. The van der Waals surface area contributed by atoms with Crippen LogP contribution in [0, 0.1) is 0 Å². The van der Waals surface area contributed by atoms with Crippen LogP contribution in [0.5, 0.6) is 0 Å². The van der Waals surface area contributed by atoms with Crippen molar-refractivity contribution in [2.75, 3.05) is 0 Å². The van der Waals surface area contributed by atoms with Gasteiger partial charge in [0, 0.05) is 11.1 Å². The number of carbonyl (C=O) groups excluding carboxylic acids is 2. The van der Waals surface area contributed by atoms with Gasteiger partial charge in [0.25, 0.3) is 11.8 Å². The molecule has 162 valence electrons. The zero-order chi connectivity index (χ0) is 23.1. The molecule has 4 aromatic carbocycles. The van der Waals surface area contributed by atoms with Crippen molar-refractivity contribution >= 4 is 33.9 Å². The summed E-state index contributed by atoms with van der Waals surface area (Å²) in [7, 11) is 0. The van der Waals surface area contributed by atoms with E-state index in [-0.39, 0.29) is 11.8 Å². The van der Waals surface area contributed by atoms with E-state index < -0.39 is 0 Å². The van der Waals surface area contributed by atoms with Crippen molar-refractivity contribution in [1.82, 2.24) is 30.0 Å². The summed E-state index contributed by atoms with van der Waals surface area (Å²) in [6.07, 6.45) is 0. The molecule has 0 aliphatic heterocycles. The molecule has 0 saturated carbocycles. The predicted molar refractivity (Wildman–Crippen MR) is 126 cm³/mol. The molecule has 2 aromatic heterocycles. The Morgan fingerprint density at radius 1 is 0.500 bits per heavy atom. The van der Waals surface area contributed by atoms with Gasteiger partial charge in [0.15, 0.2) is 0 Å². The summed E-state index contributed by atoms with van der Waals surface area (Å²) in [6.45, 7) is 0. The lowest BCUT2D eigenvalue weighted by molar-refractivity contribution is 0.0939. The molecule has 0 unspecified atom stereocenters. The number of carbonyl (C=O) groups is 2. The first-order chi connectivity index (χ1) is 16.7. The highest BCUT2D eigenvalue weighted by Crippen LogP contribution is 2.29. The minimum absolute atomic E-state index is 0.335. The van der Waals surface area contributed by atoms with Gasteiger partial charge in [-0.05, 0) is 47.5 Å². The third-order valence-electron chi connectivity index (χ3n) is 5.69. The Hall–Kier alpha value is -4.98. The number of benzene rings is 4. The van der Waals surface area contributed by atoms with Crippen LogP contribution < -0.4 is 0 Å². The Morgan fingerprint density at radius 3 is 1.35 bits per heavy atom. The average Bonchev–Trinajstić information content (AvgIpc) is 3.52. The Labute approximate surface area is 193 Å². The fraction of sp³-hybridized carbons (Fsp3) is 0. The Kier molecular flexibility index (Phi) is 4.55. The highest BCUT2D eigenvalue weighted by Gasteiger charge is 2.23. The molecule has 34 heavy (non-hydrogen) atoms. The second-order valence-corrected chi connectivity index (χ2v) is 7.68. The molecule has 0 fully saturated rings. The van der Waals surface area contributed by atoms with E-state index in [1.165, 1.54) is 9.36 Å². The first kappa shape index (κ1) is 19.7. The number of aromatic nitrogens is 6. The number of hydrogen-bond donors (Lipinski definition) is 0. The van der Waals surface area contributed by atoms with Gasteiger partial charge in [-0.15, -0.1) is 10.2 Å². The summed E-state index contributed by atoms with van der Waals surface area (Å²) in [5.41, 5.74) is 4.51. The number of para-hydroxylation sites is 2. The van der Waals surface area contributed by atoms with Crippen molar-refractivity contribution in [3.05, 3.63) is 108 Å². The summed E-state index contributed by atoms with van der Waals surface area (Å²) in [6, 6.07) is 28.8. The van der Waals surface area contributed by atoms with E-state index in [9.17, 15) is 9.59 Å². The zero-order valence-electron chi connectivity index (χ0n) is 17.7. The van der Waals surface area contributed by atoms with Crippen LogP contribution in [0.1, 0.15) is 20.7 Å². The second kappa shape index (κ2) is 7.86. The van der Waals surface area contributed by atoms with Crippen LogP contribution >= 0.6 is 0 Å². The molecule has 0 aliphatic carbocycles. The Balaban J connectivity index is 1.49. The lowest BCUT2D eigenvalue weighted by Gasteiger charge is -2.13. The maximum absolute atomic E-state index is 13.5. The SMILES string of the molecule is O=C(c1ccccc1-c1ccccc1C(=O)n1nnc2ccccc21)n1nnc2ccccc21. The molecule has 0 amide bonds. The summed E-state index contributed by atoms with van der Waals surface area (Å²) < 4.78 is 2.56. The van der Waals surface area contributed by atoms with E-state index in [0.717, 1.165) is 0 Å². The maximum atomic E-state index is 13.5. The predicted octanol–water partition coefficient (Wildman–Crippen LogP) is 4.22. The van der Waals surface area contributed by atoms with Crippen molar-refractivity contribution in [3.8, 4) is 11.1 Å². The number of fused-ring (bicyclic) bond motifs is 2. The highest BCUT2D eigenvalue weighted by atomic mass is 16.2. The zero-order valence-corrected chi connectivity index (χ0v) is 17.7. The van der Waals surface area contributed by atoms with E-state index in [1.807, 2.05) is 48.5 Å². The van der Waals surface area contributed by atoms with Gasteiger partial charge in [-0.2, -0.15) is 9.36 Å². The van der Waals surface area contributed by atoms with Crippen molar-refractivity contribution < 1.29 is 9.59 Å². The first-order valence-corrected chi connectivity index (χ1v) is 10.6. The molecule has 0 bridgehead atoms. The normalized spacial score (nSPS) is 11.2. The molecule has 0 radical (unpaired) electrons. The molecule has 0 atom stereocenters. The summed E-state index contributed by atoms with van der Waals surface area (Å²) in [5.74, 6) is -0.671. The lowest BCUT2D eigenvalue weighted by atomic mass is 9.94. The third kappa shape index (κ3) is 3.08. The number of hydrogen-bond acceptors (Lipinski definition) is 6. The summed E-state index contributed by atoms with van der Waals surface area (Å²) in [4.78, 5) is 27.1. The minimum atomic E-state index is -0.335. The largest absolute Gasteiger partial charge is 0.280 e. The van der Waals surface area contributed by atoms with Crippen LogP contribution in [-0.2, 0) is 0 Å². The second-order valence-electron chi connectivity index (χ2n) is 7.68. The fourth-order valence-corrected chi connectivity index (χ4v) is 4.07. The molecular formula is C26H16N6O2. The summed E-state index contributed by atoms with van der Waals surface area (Å²) >= 11 is 0. The van der Waals surface area contributed by atoms with E-state index in [4.69, 9.17) is 0 Å². The van der Waals surface area contributed by atoms with E-state index in [1.54, 1.807) is 48.5 Å². The molecule has 0 aliphatic rings. The minimum Gasteiger partial charge on any atom is -0.267 e. The van der Waals surface area contributed by atoms with Gasteiger partial charge in [0.1, 0.15) is 11.0 Å². The molecule has 6 rings (SSSR count). The highest BCUT2D eigenvalue weighted by molar-refractivity contribution is 6.09. The standard InChI is InChI=1S/C26H16N6O2/c33-25(31-23-15-7-5-13-21(23)27-29-31)19-11-3-1-9-17(19)18-10-2-4-12-20(18)26(34)32-24-16-8-6-14-22(24)28-30-32/h1-16H. The van der Waals surface area contributed by atoms with E-state index >= 15 is 0 Å². The van der Waals surface area contributed by atoms with Crippen LogP contribution in [0.3, 0.4) is 0 Å². The Morgan fingerprint density at radius 2 is 0.882 bits per heavy atom. The van der Waals surface area contributed by atoms with Crippen LogP contribution in [0.15, 0.2) is 97.1 Å². The van der Waals surface area contributed by atoms with Crippen molar-refractivity contribution in [3.63, 3.8) is 0 Å². The molecule has 2 heterocycles. The lowest BCUT2D eigenvalue weighted by Crippen LogP contribution is -2.17. The number of rotatable bonds is 3. The molecule has 0 saturated heterocycles. The van der Waals surface area contributed by atoms with Crippen LogP contribution in [0.2, 0.25) is 0 Å². The van der Waals surface area contributed by atoms with Gasteiger partial charge in [-0.1, -0.05) is 71.1 Å². The van der Waals surface area contributed by atoms with Crippen molar-refractivity contribution in [2.45, 2.75) is 0 Å². The van der Waals surface area contributed by atoms with E-state index in [0.29, 0.717) is 44.3 Å². The van der Waals surface area contributed by atoms with Gasteiger partial charge in [0.05, 0.1) is 11.0 Å². The fourth-order valence-electron chi connectivity index (χ4n) is 4.07. The van der Waals surface area contributed by atoms with Gasteiger partial charge in [-0.25, -0.2) is 0 Å². The van der Waals surface area contributed by atoms with E-state index in [2.05, 4.69) is 20.6 Å². The molecule has 8 nitrogen and oxygen atoms in total. The number of nitrogens with zero attached hydrogens (tertiary/aromatic N) is 6. The van der Waals surface area contributed by atoms with Crippen molar-refractivity contribution in [1.29, 1.82) is 0 Å². The smallest absolute Gasteiger partial charge is 0.267 e. The molecule has 0 N–H and O–H groups in total. The van der Waals surface area contributed by atoms with Gasteiger partial charge >= 0.3 is 0 Å². The van der Waals surface area contributed by atoms with Gasteiger partial charge < -0.3 is 0 Å². The maximum Gasteiger partial charge on any atom is 0.280 e. The van der Waals surface area contributed by atoms with Crippen molar-refractivity contribution in [2.24, 2.45) is 0 Å². The van der Waals surface area contributed by atoms with Crippen LogP contribution in [-0.4, -0.2) is 41.8 Å². The molecule has 8 heteroatoms. The topological polar surface area (TPSA) is 95.6 Å². The summed E-state index contributed by atoms with van der Waals surface area (Å²) in [5, 5.41) is 16.3. The molecular weight excluding hydrogens is 428 g/mol. The van der Waals surface area contributed by atoms with Crippen LogP contribution in [0.25, 0.3) is 33.2 Å². The first-order valence-electron chi connectivity index (χ1n) is 10.6. The molecule has 0 spiro atoms. The third-order valence-corrected chi connectivity index (χ3v) is 5.69. The Bertz CT molecular complexity index is 1590. The van der Waals surface area contributed by atoms with Gasteiger partial charge in [0.2, 0.25) is 0 Å². The van der Waals surface area contributed by atoms with Crippen LogP contribution in [0.4, 0.5) is 0 Å². The quantitative estimate of drug-likeness (QED) is 0.406. The average molecular weight is 444 g/mol. The van der Waals surface area contributed by atoms with Gasteiger partial charge in [-0.3, -0.25) is 9.59 Å².